The fourth-order valence-electron chi connectivity index (χ4n) is 1.58. The number of anilines is 1. The van der Waals surface area contributed by atoms with Crippen LogP contribution in [0.1, 0.15) is 12.0 Å². The average Bonchev–Trinajstić information content (AvgIpc) is 2.58. The summed E-state index contributed by atoms with van der Waals surface area (Å²) < 4.78 is 0. The molecule has 2 rings (SSSR count). The number of amides is 1. The van der Waals surface area contributed by atoms with E-state index in [4.69, 9.17) is 6.42 Å². The molecular weight excluding hydrogens is 190 g/mol. The van der Waals surface area contributed by atoms with Crippen LogP contribution >= 0.6 is 0 Å². The summed E-state index contributed by atoms with van der Waals surface area (Å²) in [5.41, 5.74) is 1.40. The zero-order valence-electron chi connectivity index (χ0n) is 8.06. The number of benzene rings is 1. The van der Waals surface area contributed by atoms with Crippen LogP contribution in [0.15, 0.2) is 24.3 Å². The number of ketones is 1. The summed E-state index contributed by atoms with van der Waals surface area (Å²) in [7, 11) is 0. The van der Waals surface area contributed by atoms with E-state index in [1.54, 1.807) is 24.3 Å². The largest absolute Gasteiger partial charge is 0.305 e. The third kappa shape index (κ3) is 1.75. The number of Topliss-reactive ketones (excluding diaryl/α,β-unsaturated/α-hetero) is 1. The lowest BCUT2D eigenvalue weighted by molar-refractivity contribution is -0.121. The SMILES string of the molecule is C#Cc1cccc(N2CC(=O)CC2=O)c1. The fourth-order valence-corrected chi connectivity index (χ4v) is 1.58. The Labute approximate surface area is 87.7 Å². The third-order valence-electron chi connectivity index (χ3n) is 2.31. The van der Waals surface area contributed by atoms with Crippen LogP contribution < -0.4 is 4.90 Å². The van der Waals surface area contributed by atoms with Gasteiger partial charge >= 0.3 is 0 Å². The highest BCUT2D eigenvalue weighted by molar-refractivity contribution is 6.15. The normalized spacial score (nSPS) is 15.5. The van der Waals surface area contributed by atoms with Crippen molar-refractivity contribution in [3.05, 3.63) is 29.8 Å². The Morgan fingerprint density at radius 2 is 2.13 bits per heavy atom. The lowest BCUT2D eigenvalue weighted by atomic mass is 10.2. The number of carbonyl (C=O) groups excluding carboxylic acids is 2. The monoisotopic (exact) mass is 199 g/mol. The summed E-state index contributed by atoms with van der Waals surface area (Å²) in [6, 6.07) is 7.07. The molecule has 0 aliphatic carbocycles. The van der Waals surface area contributed by atoms with Gasteiger partial charge in [-0.05, 0) is 18.2 Å². The Morgan fingerprint density at radius 1 is 1.33 bits per heavy atom. The maximum Gasteiger partial charge on any atom is 0.234 e. The van der Waals surface area contributed by atoms with Crippen molar-refractivity contribution in [3.63, 3.8) is 0 Å². The minimum Gasteiger partial charge on any atom is -0.305 e. The van der Waals surface area contributed by atoms with Crippen LogP contribution in [-0.2, 0) is 9.59 Å². The molecule has 0 N–H and O–H groups in total. The van der Waals surface area contributed by atoms with Crippen LogP contribution in [0.4, 0.5) is 5.69 Å². The zero-order valence-corrected chi connectivity index (χ0v) is 8.06. The molecule has 1 aliphatic heterocycles. The molecule has 0 aromatic heterocycles. The zero-order chi connectivity index (χ0) is 10.8. The van der Waals surface area contributed by atoms with Crippen molar-refractivity contribution in [2.24, 2.45) is 0 Å². The van der Waals surface area contributed by atoms with Crippen LogP contribution in [0.5, 0.6) is 0 Å². The van der Waals surface area contributed by atoms with E-state index in [2.05, 4.69) is 5.92 Å². The van der Waals surface area contributed by atoms with Crippen molar-refractivity contribution in [1.29, 1.82) is 0 Å². The van der Waals surface area contributed by atoms with E-state index in [1.807, 2.05) is 0 Å². The summed E-state index contributed by atoms with van der Waals surface area (Å²) in [6.07, 6.45) is 5.26. The summed E-state index contributed by atoms with van der Waals surface area (Å²) in [6.45, 7) is 0.160. The molecule has 3 nitrogen and oxygen atoms in total. The Hall–Kier alpha value is -2.08. The van der Waals surface area contributed by atoms with Gasteiger partial charge < -0.3 is 4.90 Å². The van der Waals surface area contributed by atoms with E-state index < -0.39 is 0 Å². The first-order valence-electron chi connectivity index (χ1n) is 4.59. The molecule has 0 radical (unpaired) electrons. The van der Waals surface area contributed by atoms with Gasteiger partial charge in [0, 0.05) is 11.3 Å². The molecule has 3 heteroatoms. The smallest absolute Gasteiger partial charge is 0.234 e. The molecule has 15 heavy (non-hydrogen) atoms. The van der Waals surface area contributed by atoms with Gasteiger partial charge in [0.05, 0.1) is 13.0 Å². The molecule has 1 aromatic rings. The Kier molecular flexibility index (Phi) is 2.26. The van der Waals surface area contributed by atoms with Crippen molar-refractivity contribution in [2.75, 3.05) is 11.4 Å². The molecule has 1 heterocycles. The molecule has 0 unspecified atom stereocenters. The number of carbonyl (C=O) groups is 2. The van der Waals surface area contributed by atoms with Crippen molar-refractivity contribution < 1.29 is 9.59 Å². The van der Waals surface area contributed by atoms with E-state index in [-0.39, 0.29) is 24.7 Å². The molecule has 0 saturated carbocycles. The number of terminal acetylenes is 1. The second-order valence-electron chi connectivity index (χ2n) is 3.39. The highest BCUT2D eigenvalue weighted by Crippen LogP contribution is 2.20. The minimum absolute atomic E-state index is 0.000279. The predicted octanol–water partition coefficient (Wildman–Crippen LogP) is 0.974. The van der Waals surface area contributed by atoms with Gasteiger partial charge in [-0.25, -0.2) is 0 Å². The minimum atomic E-state index is -0.158. The van der Waals surface area contributed by atoms with Gasteiger partial charge in [0.1, 0.15) is 0 Å². The maximum atomic E-state index is 11.4. The van der Waals surface area contributed by atoms with Crippen LogP contribution in [-0.4, -0.2) is 18.2 Å². The van der Waals surface area contributed by atoms with Gasteiger partial charge in [-0.2, -0.15) is 0 Å². The van der Waals surface area contributed by atoms with Crippen LogP contribution in [0.3, 0.4) is 0 Å². The summed E-state index contributed by atoms with van der Waals surface area (Å²) in [5.74, 6) is 2.29. The number of hydrogen-bond acceptors (Lipinski definition) is 2. The first-order valence-corrected chi connectivity index (χ1v) is 4.59. The van der Waals surface area contributed by atoms with E-state index in [1.165, 1.54) is 4.90 Å². The summed E-state index contributed by atoms with van der Waals surface area (Å²) in [4.78, 5) is 24.0. The molecule has 0 atom stereocenters. The third-order valence-corrected chi connectivity index (χ3v) is 2.31. The van der Waals surface area contributed by atoms with Gasteiger partial charge in [-0.15, -0.1) is 6.42 Å². The first-order chi connectivity index (χ1) is 7.20. The number of rotatable bonds is 1. The molecule has 74 valence electrons. The lowest BCUT2D eigenvalue weighted by Gasteiger charge is -2.14. The van der Waals surface area contributed by atoms with Crippen LogP contribution in [0.25, 0.3) is 0 Å². The number of nitrogens with zero attached hydrogens (tertiary/aromatic N) is 1. The molecule has 1 fully saturated rings. The average molecular weight is 199 g/mol. The maximum absolute atomic E-state index is 11.4. The van der Waals surface area contributed by atoms with E-state index in [0.29, 0.717) is 11.3 Å². The highest BCUT2D eigenvalue weighted by atomic mass is 16.2. The quantitative estimate of drug-likeness (QED) is 0.499. The van der Waals surface area contributed by atoms with Gasteiger partial charge in [-0.1, -0.05) is 12.0 Å². The summed E-state index contributed by atoms with van der Waals surface area (Å²) >= 11 is 0. The van der Waals surface area contributed by atoms with Gasteiger partial charge in [0.15, 0.2) is 5.78 Å². The van der Waals surface area contributed by atoms with Crippen molar-refractivity contribution in [2.45, 2.75) is 6.42 Å². The molecule has 0 spiro atoms. The van der Waals surface area contributed by atoms with E-state index in [9.17, 15) is 9.59 Å². The van der Waals surface area contributed by atoms with Crippen LogP contribution in [0, 0.1) is 12.3 Å². The van der Waals surface area contributed by atoms with Gasteiger partial charge in [-0.3, -0.25) is 9.59 Å². The standard InChI is InChI=1S/C12H9NO2/c1-2-9-4-3-5-10(6-9)13-8-11(14)7-12(13)15/h1,3-6H,7-8H2. The predicted molar refractivity (Wildman–Crippen MR) is 56.4 cm³/mol. The second-order valence-corrected chi connectivity index (χ2v) is 3.39. The highest BCUT2D eigenvalue weighted by Gasteiger charge is 2.28. The molecule has 1 aromatic carbocycles. The van der Waals surface area contributed by atoms with Crippen LogP contribution in [0.2, 0.25) is 0 Å². The Balaban J connectivity index is 2.34. The molecule has 1 saturated heterocycles. The van der Waals surface area contributed by atoms with Gasteiger partial charge in [0.2, 0.25) is 5.91 Å². The van der Waals surface area contributed by atoms with Gasteiger partial charge in [0.25, 0.3) is 0 Å². The topological polar surface area (TPSA) is 37.4 Å². The Bertz CT molecular complexity index is 471. The molecule has 0 bridgehead atoms. The van der Waals surface area contributed by atoms with Crippen molar-refractivity contribution >= 4 is 17.4 Å². The number of hydrogen-bond donors (Lipinski definition) is 0. The van der Waals surface area contributed by atoms with E-state index in [0.717, 1.165) is 0 Å². The second kappa shape index (κ2) is 3.58. The Morgan fingerprint density at radius 3 is 2.73 bits per heavy atom. The van der Waals surface area contributed by atoms with E-state index >= 15 is 0 Å². The molecule has 1 aliphatic rings. The lowest BCUT2D eigenvalue weighted by Crippen LogP contribution is -2.24. The fraction of sp³-hybridized carbons (Fsp3) is 0.167. The first kappa shape index (κ1) is 9.47. The van der Waals surface area contributed by atoms with Crippen molar-refractivity contribution in [1.82, 2.24) is 0 Å². The summed E-state index contributed by atoms with van der Waals surface area (Å²) in [5, 5.41) is 0. The molecule has 1 amide bonds. The molecular formula is C12H9NO2. The van der Waals surface area contributed by atoms with Crippen molar-refractivity contribution in [3.8, 4) is 12.3 Å².